The van der Waals surface area contributed by atoms with E-state index in [4.69, 9.17) is 32.5 Å². The Morgan fingerprint density at radius 3 is 2.57 bits per heavy atom. The zero-order valence-corrected chi connectivity index (χ0v) is 25.2. The number of carboxylic acids is 1. The van der Waals surface area contributed by atoms with Gasteiger partial charge in [0, 0.05) is 77.9 Å². The van der Waals surface area contributed by atoms with Crippen LogP contribution in [0.1, 0.15) is 66.3 Å². The highest BCUT2D eigenvalue weighted by Crippen LogP contribution is 2.54. The van der Waals surface area contributed by atoms with Gasteiger partial charge >= 0.3 is 5.97 Å². The fraction of sp³-hybridized carbons (Fsp3) is 0.394. The van der Waals surface area contributed by atoms with E-state index in [1.165, 1.54) is 6.07 Å². The number of fused-ring (bicyclic) bond motifs is 1. The van der Waals surface area contributed by atoms with Crippen LogP contribution in [0.15, 0.2) is 47.3 Å². The number of nitrogens with zero attached hydrogens (tertiary/aromatic N) is 4. The van der Waals surface area contributed by atoms with Crippen molar-refractivity contribution >= 4 is 51.8 Å². The minimum absolute atomic E-state index is 0.0811. The second-order valence-corrected chi connectivity index (χ2v) is 13.6. The van der Waals surface area contributed by atoms with Gasteiger partial charge in [-0.2, -0.15) is 0 Å². The lowest BCUT2D eigenvalue weighted by atomic mass is 9.57. The molecule has 11 heteroatoms. The average molecular weight is 636 g/mol. The summed E-state index contributed by atoms with van der Waals surface area (Å²) < 4.78 is 25.3. The molecule has 1 aliphatic heterocycles. The third-order valence-electron chi connectivity index (χ3n) is 9.44. The van der Waals surface area contributed by atoms with Crippen LogP contribution >= 0.6 is 23.2 Å². The number of pyridine rings is 2. The Morgan fingerprint density at radius 2 is 1.89 bits per heavy atom. The number of ether oxygens (including phenoxy) is 1. The molecule has 0 amide bonds. The quantitative estimate of drug-likeness (QED) is 0.208. The molecule has 44 heavy (non-hydrogen) atoms. The topological polar surface area (TPSA) is 102 Å². The van der Waals surface area contributed by atoms with Gasteiger partial charge < -0.3 is 19.3 Å². The normalized spacial score (nSPS) is 22.7. The van der Waals surface area contributed by atoms with E-state index >= 15 is 0 Å². The Balaban J connectivity index is 0.968. The summed E-state index contributed by atoms with van der Waals surface area (Å²) in [5.74, 6) is 1.06. The first-order valence-electron chi connectivity index (χ1n) is 15.0. The van der Waals surface area contributed by atoms with Crippen molar-refractivity contribution in [3.8, 4) is 17.0 Å². The molecule has 1 saturated heterocycles. The molecule has 1 spiro atoms. The maximum Gasteiger partial charge on any atom is 0.354 e. The molecule has 3 aliphatic carbocycles. The Bertz CT molecular complexity index is 1800. The summed E-state index contributed by atoms with van der Waals surface area (Å²) in [5.41, 5.74) is 4.05. The lowest BCUT2D eigenvalue weighted by Gasteiger charge is -2.59. The van der Waals surface area contributed by atoms with Gasteiger partial charge in [0.25, 0.3) is 0 Å². The van der Waals surface area contributed by atoms with E-state index in [0.29, 0.717) is 57.2 Å². The molecular formula is C33H29Cl2FN4O4. The molecule has 3 aromatic heterocycles. The minimum atomic E-state index is -1.12. The molecule has 0 bridgehead atoms. The van der Waals surface area contributed by atoms with Crippen molar-refractivity contribution in [3.63, 3.8) is 0 Å². The number of aromatic carboxylic acids is 1. The standard InChI is InChI=1S/C33H29Cl2FN4O4/c34-24-13-37-14-25(35)29(24)30-22(31(44-39-30)18-2-3-18)5-1-17-11-33(12-17)15-40(16-33)20-4-6-26-23(9-20)28(10-27(38-26)32(41)42)43-21-7-19(36)8-21/h1,4-6,9-10,13-14,17-19,21H,2-3,7-8,11-12,15-16H2,(H,41,42)/b5-1+/t19-,21+. The van der Waals surface area contributed by atoms with Crippen LogP contribution in [0.5, 0.6) is 5.75 Å². The fourth-order valence-corrected chi connectivity index (χ4v) is 7.46. The third kappa shape index (κ3) is 4.90. The Labute approximate surface area is 262 Å². The third-order valence-corrected chi connectivity index (χ3v) is 10.0. The summed E-state index contributed by atoms with van der Waals surface area (Å²) in [7, 11) is 0. The SMILES string of the molecule is O=C(O)c1cc(O[C@H]2C[C@@H](F)C2)c2cc(N3CC4(CC(/C=C/c5c(-c6c(Cl)cncc6Cl)noc5C5CC5)C4)C3)ccc2n1. The van der Waals surface area contributed by atoms with Crippen LogP contribution in [0.2, 0.25) is 10.0 Å². The highest BCUT2D eigenvalue weighted by molar-refractivity contribution is 6.39. The predicted octanol–water partition coefficient (Wildman–Crippen LogP) is 7.98. The van der Waals surface area contributed by atoms with Gasteiger partial charge in [0.15, 0.2) is 5.69 Å². The molecular weight excluding hydrogens is 606 g/mol. The monoisotopic (exact) mass is 634 g/mol. The second kappa shape index (κ2) is 10.4. The molecule has 4 aromatic rings. The van der Waals surface area contributed by atoms with Gasteiger partial charge in [-0.25, -0.2) is 14.2 Å². The van der Waals surface area contributed by atoms with Gasteiger partial charge in [0.05, 0.1) is 15.6 Å². The Hall–Kier alpha value is -3.69. The predicted molar refractivity (Wildman–Crippen MR) is 165 cm³/mol. The van der Waals surface area contributed by atoms with Crippen molar-refractivity contribution < 1.29 is 23.6 Å². The molecule has 8 nitrogen and oxygen atoms in total. The number of carboxylic acid groups (broad SMARTS) is 1. The van der Waals surface area contributed by atoms with Gasteiger partial charge in [-0.3, -0.25) is 4.98 Å². The van der Waals surface area contributed by atoms with Crippen LogP contribution in [0.3, 0.4) is 0 Å². The maximum absolute atomic E-state index is 13.4. The van der Waals surface area contributed by atoms with Crippen LogP contribution in [0.4, 0.5) is 10.1 Å². The zero-order chi connectivity index (χ0) is 30.2. The number of rotatable bonds is 8. The second-order valence-electron chi connectivity index (χ2n) is 12.8. The van der Waals surface area contributed by atoms with E-state index in [0.717, 1.165) is 61.2 Å². The smallest absolute Gasteiger partial charge is 0.354 e. The van der Waals surface area contributed by atoms with Gasteiger partial charge in [0.1, 0.15) is 29.5 Å². The summed E-state index contributed by atoms with van der Waals surface area (Å²) >= 11 is 12.9. The molecule has 1 aromatic carbocycles. The highest BCUT2D eigenvalue weighted by Gasteiger charge is 2.51. The summed E-state index contributed by atoms with van der Waals surface area (Å²) in [6.45, 7) is 1.89. The largest absolute Gasteiger partial charge is 0.489 e. The first-order chi connectivity index (χ1) is 21.2. The van der Waals surface area contributed by atoms with E-state index in [1.807, 2.05) is 18.2 Å². The number of alkyl halides is 1. The van der Waals surface area contributed by atoms with E-state index in [2.05, 4.69) is 32.2 Å². The molecule has 4 heterocycles. The van der Waals surface area contributed by atoms with E-state index in [-0.39, 0.29) is 17.2 Å². The average Bonchev–Trinajstić information content (AvgIpc) is 3.70. The minimum Gasteiger partial charge on any atom is -0.489 e. The molecule has 3 saturated carbocycles. The number of benzene rings is 1. The number of allylic oxidation sites excluding steroid dienone is 1. The van der Waals surface area contributed by atoms with Gasteiger partial charge in [0.2, 0.25) is 0 Å². The van der Waals surface area contributed by atoms with Crippen molar-refractivity contribution in [1.29, 1.82) is 0 Å². The summed E-state index contributed by atoms with van der Waals surface area (Å²) in [6, 6.07) is 7.29. The van der Waals surface area contributed by atoms with Crippen molar-refractivity contribution in [2.45, 2.75) is 56.7 Å². The maximum atomic E-state index is 13.4. The van der Waals surface area contributed by atoms with Crippen molar-refractivity contribution in [2.75, 3.05) is 18.0 Å². The summed E-state index contributed by atoms with van der Waals surface area (Å²) in [6.07, 6.45) is 11.4. The van der Waals surface area contributed by atoms with E-state index in [9.17, 15) is 14.3 Å². The van der Waals surface area contributed by atoms with Crippen LogP contribution in [0.25, 0.3) is 28.2 Å². The lowest BCUT2D eigenvalue weighted by Crippen LogP contribution is -2.62. The van der Waals surface area contributed by atoms with Gasteiger partial charge in [-0.15, -0.1) is 0 Å². The van der Waals surface area contributed by atoms with Crippen LogP contribution in [0, 0.1) is 11.3 Å². The summed E-state index contributed by atoms with van der Waals surface area (Å²) in [5, 5.41) is 15.5. The van der Waals surface area contributed by atoms with Crippen LogP contribution in [-0.4, -0.2) is 51.6 Å². The molecule has 4 fully saturated rings. The van der Waals surface area contributed by atoms with E-state index < -0.39 is 12.1 Å². The Morgan fingerprint density at radius 1 is 1.14 bits per heavy atom. The van der Waals surface area contributed by atoms with Crippen LogP contribution in [-0.2, 0) is 0 Å². The fourth-order valence-electron chi connectivity index (χ4n) is 6.92. The zero-order valence-electron chi connectivity index (χ0n) is 23.7. The first-order valence-corrected chi connectivity index (χ1v) is 15.7. The lowest BCUT2D eigenvalue weighted by molar-refractivity contribution is 0.0417. The number of carbonyl (C=O) groups is 1. The number of hydrogen-bond donors (Lipinski definition) is 1. The van der Waals surface area contributed by atoms with Crippen molar-refractivity contribution in [3.05, 3.63) is 69.8 Å². The summed E-state index contributed by atoms with van der Waals surface area (Å²) in [4.78, 5) is 22.4. The molecule has 0 unspecified atom stereocenters. The highest BCUT2D eigenvalue weighted by atomic mass is 35.5. The number of hydrogen-bond acceptors (Lipinski definition) is 7. The molecule has 4 aliphatic rings. The molecule has 226 valence electrons. The van der Waals surface area contributed by atoms with Crippen molar-refractivity contribution in [1.82, 2.24) is 15.1 Å². The van der Waals surface area contributed by atoms with Crippen molar-refractivity contribution in [2.24, 2.45) is 11.3 Å². The van der Waals surface area contributed by atoms with Crippen LogP contribution < -0.4 is 9.64 Å². The number of halogens is 3. The first kappa shape index (κ1) is 27.8. The molecule has 8 rings (SSSR count). The van der Waals surface area contributed by atoms with Gasteiger partial charge in [-0.05, 0) is 49.8 Å². The molecule has 1 N–H and O–H groups in total. The molecule has 0 atom stereocenters. The number of anilines is 1. The Kier molecular flexibility index (Phi) is 6.61. The van der Waals surface area contributed by atoms with Gasteiger partial charge in [-0.1, -0.05) is 40.5 Å². The van der Waals surface area contributed by atoms with E-state index in [1.54, 1.807) is 12.4 Å². The number of aromatic nitrogens is 3. The molecule has 0 radical (unpaired) electrons.